The summed E-state index contributed by atoms with van der Waals surface area (Å²) >= 11 is 0. The number of hydrogen-bond donors (Lipinski definition) is 3. The van der Waals surface area contributed by atoms with Crippen molar-refractivity contribution in [3.05, 3.63) is 53.6 Å². The number of rotatable bonds is 3. The van der Waals surface area contributed by atoms with Gasteiger partial charge in [-0.15, -0.1) is 0 Å². The lowest BCUT2D eigenvalue weighted by Gasteiger charge is -2.12. The number of carboxylic acids is 1. The van der Waals surface area contributed by atoms with Gasteiger partial charge in [0.1, 0.15) is 0 Å². The Labute approximate surface area is 105 Å². The summed E-state index contributed by atoms with van der Waals surface area (Å²) < 4.78 is 0. The molecule has 0 atom stereocenters. The highest BCUT2D eigenvalue weighted by molar-refractivity contribution is 5.96. The average molecular weight is 242 g/mol. The van der Waals surface area contributed by atoms with E-state index >= 15 is 0 Å². The van der Waals surface area contributed by atoms with Gasteiger partial charge in [0.15, 0.2) is 0 Å². The molecule has 4 nitrogen and oxygen atoms in total. The zero-order chi connectivity index (χ0) is 13.1. The Bertz CT molecular complexity index is 594. The maximum Gasteiger partial charge on any atom is 0.337 e. The number of aryl methyl sites for hydroxylation is 1. The molecule has 0 fully saturated rings. The minimum atomic E-state index is -1.00. The van der Waals surface area contributed by atoms with Gasteiger partial charge in [-0.1, -0.05) is 18.2 Å². The first-order valence-corrected chi connectivity index (χ1v) is 5.53. The van der Waals surface area contributed by atoms with E-state index in [9.17, 15) is 4.79 Å². The van der Waals surface area contributed by atoms with Crippen LogP contribution in [0.2, 0.25) is 0 Å². The van der Waals surface area contributed by atoms with E-state index in [2.05, 4.69) is 5.32 Å². The van der Waals surface area contributed by atoms with Crippen LogP contribution >= 0.6 is 0 Å². The van der Waals surface area contributed by atoms with Crippen LogP contribution in [0.4, 0.5) is 17.1 Å². The first-order valence-electron chi connectivity index (χ1n) is 5.53. The van der Waals surface area contributed by atoms with Gasteiger partial charge >= 0.3 is 5.97 Å². The number of nitrogens with one attached hydrogen (secondary N) is 1. The highest BCUT2D eigenvalue weighted by Crippen LogP contribution is 2.25. The van der Waals surface area contributed by atoms with Crippen molar-refractivity contribution in [2.45, 2.75) is 6.92 Å². The fourth-order valence-corrected chi connectivity index (χ4v) is 1.71. The van der Waals surface area contributed by atoms with Crippen LogP contribution in [0.1, 0.15) is 15.9 Å². The van der Waals surface area contributed by atoms with E-state index in [1.54, 1.807) is 12.1 Å². The lowest BCUT2D eigenvalue weighted by molar-refractivity contribution is 0.0698. The second-order valence-corrected chi connectivity index (χ2v) is 4.05. The van der Waals surface area contributed by atoms with Gasteiger partial charge < -0.3 is 16.2 Å². The Morgan fingerprint density at radius 1 is 1.17 bits per heavy atom. The second-order valence-electron chi connectivity index (χ2n) is 4.05. The molecule has 4 N–H and O–H groups in total. The third kappa shape index (κ3) is 2.43. The summed E-state index contributed by atoms with van der Waals surface area (Å²) in [6, 6.07) is 12.5. The summed E-state index contributed by atoms with van der Waals surface area (Å²) in [6.45, 7) is 1.96. The van der Waals surface area contributed by atoms with E-state index in [-0.39, 0.29) is 5.56 Å². The van der Waals surface area contributed by atoms with Crippen LogP contribution in [-0.2, 0) is 0 Å². The zero-order valence-corrected chi connectivity index (χ0v) is 9.97. The van der Waals surface area contributed by atoms with E-state index in [0.717, 1.165) is 11.3 Å². The van der Waals surface area contributed by atoms with Crippen molar-refractivity contribution < 1.29 is 9.90 Å². The van der Waals surface area contributed by atoms with Gasteiger partial charge in [-0.25, -0.2) is 4.79 Å². The Morgan fingerprint density at radius 3 is 2.56 bits per heavy atom. The number of carboxylic acid groups (broad SMARTS) is 1. The van der Waals surface area contributed by atoms with Crippen molar-refractivity contribution in [2.75, 3.05) is 11.1 Å². The van der Waals surface area contributed by atoms with Gasteiger partial charge in [0.25, 0.3) is 0 Å². The molecule has 0 spiro atoms. The predicted octanol–water partition coefficient (Wildman–Crippen LogP) is 3.02. The topological polar surface area (TPSA) is 75.3 Å². The van der Waals surface area contributed by atoms with Gasteiger partial charge in [0.2, 0.25) is 0 Å². The van der Waals surface area contributed by atoms with Crippen molar-refractivity contribution in [1.29, 1.82) is 0 Å². The Balaban J connectivity index is 2.41. The molecule has 0 radical (unpaired) electrons. The smallest absolute Gasteiger partial charge is 0.337 e. The normalized spacial score (nSPS) is 10.1. The number of aromatic carboxylic acids is 1. The fraction of sp³-hybridized carbons (Fsp3) is 0.0714. The van der Waals surface area contributed by atoms with Crippen molar-refractivity contribution in [3.8, 4) is 0 Å². The standard InChI is InChI=1S/C14H14N2O2/c1-9-4-2-3-5-12(9)16-13-7-6-10(15)8-11(13)14(17)18/h2-8,16H,15H2,1H3,(H,17,18). The molecule has 0 aliphatic rings. The molecule has 2 rings (SSSR count). The number of carbonyl (C=O) groups is 1. The van der Waals surface area contributed by atoms with Gasteiger partial charge in [0, 0.05) is 11.4 Å². The Hall–Kier alpha value is -2.49. The molecule has 0 aromatic heterocycles. The molecule has 92 valence electrons. The first-order chi connectivity index (χ1) is 8.58. The zero-order valence-electron chi connectivity index (χ0n) is 9.97. The lowest BCUT2D eigenvalue weighted by atomic mass is 10.1. The number of nitrogen functional groups attached to an aromatic ring is 1. The van der Waals surface area contributed by atoms with E-state index in [1.165, 1.54) is 6.07 Å². The van der Waals surface area contributed by atoms with Crippen molar-refractivity contribution >= 4 is 23.0 Å². The molecule has 0 saturated carbocycles. The molecule has 0 amide bonds. The van der Waals surface area contributed by atoms with Crippen LogP contribution in [0.15, 0.2) is 42.5 Å². The summed E-state index contributed by atoms with van der Waals surface area (Å²) in [4.78, 5) is 11.2. The van der Waals surface area contributed by atoms with Gasteiger partial charge in [-0.2, -0.15) is 0 Å². The summed E-state index contributed by atoms with van der Waals surface area (Å²) in [6.07, 6.45) is 0. The van der Waals surface area contributed by atoms with E-state index in [0.29, 0.717) is 11.4 Å². The molecular formula is C14H14N2O2. The van der Waals surface area contributed by atoms with Crippen molar-refractivity contribution in [1.82, 2.24) is 0 Å². The predicted molar refractivity (Wildman–Crippen MR) is 72.3 cm³/mol. The number of benzene rings is 2. The minimum Gasteiger partial charge on any atom is -0.478 e. The monoisotopic (exact) mass is 242 g/mol. The third-order valence-corrected chi connectivity index (χ3v) is 2.69. The molecule has 0 bridgehead atoms. The van der Waals surface area contributed by atoms with E-state index in [1.807, 2.05) is 31.2 Å². The maximum absolute atomic E-state index is 11.2. The van der Waals surface area contributed by atoms with Crippen LogP contribution in [-0.4, -0.2) is 11.1 Å². The Kier molecular flexibility index (Phi) is 3.19. The van der Waals surface area contributed by atoms with Gasteiger partial charge in [-0.05, 0) is 36.8 Å². The van der Waals surface area contributed by atoms with E-state index < -0.39 is 5.97 Å². The highest BCUT2D eigenvalue weighted by Gasteiger charge is 2.11. The van der Waals surface area contributed by atoms with Crippen LogP contribution in [0.3, 0.4) is 0 Å². The number of hydrogen-bond acceptors (Lipinski definition) is 3. The van der Waals surface area contributed by atoms with Crippen LogP contribution in [0.5, 0.6) is 0 Å². The van der Waals surface area contributed by atoms with Crippen LogP contribution in [0, 0.1) is 6.92 Å². The molecule has 2 aromatic rings. The highest BCUT2D eigenvalue weighted by atomic mass is 16.4. The maximum atomic E-state index is 11.2. The summed E-state index contributed by atoms with van der Waals surface area (Å²) in [5, 5.41) is 12.3. The molecular weight excluding hydrogens is 228 g/mol. The van der Waals surface area contributed by atoms with Gasteiger partial charge in [-0.3, -0.25) is 0 Å². The quantitative estimate of drug-likeness (QED) is 0.723. The first kappa shape index (κ1) is 12.0. The molecule has 0 aliphatic heterocycles. The molecule has 0 saturated heterocycles. The summed E-state index contributed by atoms with van der Waals surface area (Å²) in [7, 11) is 0. The summed E-state index contributed by atoms with van der Waals surface area (Å²) in [5.41, 5.74) is 8.66. The van der Waals surface area contributed by atoms with Crippen LogP contribution < -0.4 is 11.1 Å². The molecule has 0 aliphatic carbocycles. The molecule has 0 unspecified atom stereocenters. The molecule has 0 heterocycles. The minimum absolute atomic E-state index is 0.165. The SMILES string of the molecule is Cc1ccccc1Nc1ccc(N)cc1C(=O)O. The van der Waals surface area contributed by atoms with Crippen molar-refractivity contribution in [2.24, 2.45) is 0 Å². The summed E-state index contributed by atoms with van der Waals surface area (Å²) in [5.74, 6) is -1.00. The Morgan fingerprint density at radius 2 is 1.89 bits per heavy atom. The largest absolute Gasteiger partial charge is 0.478 e. The number of anilines is 3. The average Bonchev–Trinajstić information content (AvgIpc) is 2.34. The molecule has 18 heavy (non-hydrogen) atoms. The van der Waals surface area contributed by atoms with Crippen molar-refractivity contribution in [3.63, 3.8) is 0 Å². The fourth-order valence-electron chi connectivity index (χ4n) is 1.71. The number of nitrogens with two attached hydrogens (primary N) is 1. The van der Waals surface area contributed by atoms with Crippen LogP contribution in [0.25, 0.3) is 0 Å². The lowest BCUT2D eigenvalue weighted by Crippen LogP contribution is -2.04. The molecule has 4 heteroatoms. The third-order valence-electron chi connectivity index (χ3n) is 2.69. The number of para-hydroxylation sites is 1. The second kappa shape index (κ2) is 4.79. The van der Waals surface area contributed by atoms with Gasteiger partial charge in [0.05, 0.1) is 11.3 Å². The molecule has 2 aromatic carbocycles. The van der Waals surface area contributed by atoms with E-state index in [4.69, 9.17) is 10.8 Å².